The van der Waals surface area contributed by atoms with Gasteiger partial charge in [0.25, 0.3) is 0 Å². The maximum atomic E-state index is 13.0. The second-order valence-electron chi connectivity index (χ2n) is 4.71. The first-order valence-electron chi connectivity index (χ1n) is 5.42. The van der Waals surface area contributed by atoms with E-state index >= 15 is 0 Å². The van der Waals surface area contributed by atoms with Gasteiger partial charge in [-0.1, -0.05) is 0 Å². The van der Waals surface area contributed by atoms with E-state index in [4.69, 9.17) is 10.00 Å². The lowest BCUT2D eigenvalue weighted by molar-refractivity contribution is -0.148. The zero-order valence-corrected chi connectivity index (χ0v) is 10.5. The third-order valence-electron chi connectivity index (χ3n) is 1.94. The molecule has 4 heteroatoms. The highest BCUT2D eigenvalue weighted by atomic mass is 19.1. The molecule has 0 heterocycles. The van der Waals surface area contributed by atoms with Gasteiger partial charge in [0, 0.05) is 6.08 Å². The molecule has 18 heavy (non-hydrogen) atoms. The van der Waals surface area contributed by atoms with Crippen LogP contribution in [0, 0.1) is 17.1 Å². The number of nitriles is 1. The molecule has 0 aliphatic heterocycles. The molecule has 1 aromatic rings. The Kier molecular flexibility index (Phi) is 4.22. The summed E-state index contributed by atoms with van der Waals surface area (Å²) in [5.74, 6) is -0.992. The number of esters is 1. The Morgan fingerprint density at radius 2 is 2.11 bits per heavy atom. The van der Waals surface area contributed by atoms with Crippen LogP contribution in [0.2, 0.25) is 0 Å². The maximum absolute atomic E-state index is 13.0. The molecule has 3 nitrogen and oxygen atoms in total. The van der Waals surface area contributed by atoms with E-state index in [2.05, 4.69) is 0 Å². The first-order chi connectivity index (χ1) is 8.31. The van der Waals surface area contributed by atoms with Crippen molar-refractivity contribution in [3.8, 4) is 6.07 Å². The third-order valence-corrected chi connectivity index (χ3v) is 1.94. The predicted octanol–water partition coefficient (Wildman–Crippen LogP) is 3.05. The number of carbonyl (C=O) groups excluding carboxylic acids is 1. The lowest BCUT2D eigenvalue weighted by Gasteiger charge is -2.17. The number of rotatable bonds is 2. The summed E-state index contributed by atoms with van der Waals surface area (Å²) < 4.78 is 18.1. The lowest BCUT2D eigenvalue weighted by Crippen LogP contribution is -2.22. The monoisotopic (exact) mass is 247 g/mol. The molecule has 0 aliphatic carbocycles. The molecule has 0 bridgehead atoms. The van der Waals surface area contributed by atoms with Crippen LogP contribution in [-0.2, 0) is 9.53 Å². The van der Waals surface area contributed by atoms with Gasteiger partial charge in [0.1, 0.15) is 11.4 Å². The average molecular weight is 247 g/mol. The largest absolute Gasteiger partial charge is 0.457 e. The Bertz CT molecular complexity index is 522. The highest BCUT2D eigenvalue weighted by molar-refractivity contribution is 5.87. The number of ether oxygens (including phenoxy) is 1. The highest BCUT2D eigenvalue weighted by Gasteiger charge is 2.14. The average Bonchev–Trinajstić information content (AvgIpc) is 2.24. The van der Waals surface area contributed by atoms with Gasteiger partial charge in [-0.3, -0.25) is 0 Å². The Balaban J connectivity index is 2.88. The molecule has 0 radical (unpaired) electrons. The lowest BCUT2D eigenvalue weighted by atomic mass is 10.1. The Hall–Kier alpha value is -2.15. The minimum atomic E-state index is -0.582. The fourth-order valence-corrected chi connectivity index (χ4v) is 1.27. The number of nitrogens with zero attached hydrogens (tertiary/aromatic N) is 1. The predicted molar refractivity (Wildman–Crippen MR) is 66.0 cm³/mol. The van der Waals surface area contributed by atoms with Crippen molar-refractivity contribution in [2.75, 3.05) is 0 Å². The molecule has 0 saturated heterocycles. The van der Waals surface area contributed by atoms with E-state index in [0.29, 0.717) is 11.1 Å². The molecule has 0 fully saturated rings. The summed E-state index contributed by atoms with van der Waals surface area (Å²) in [4.78, 5) is 11.4. The fraction of sp³-hybridized carbons (Fsp3) is 0.286. The van der Waals surface area contributed by atoms with Gasteiger partial charge in [-0.15, -0.1) is 0 Å². The summed E-state index contributed by atoms with van der Waals surface area (Å²) in [6, 6.07) is 5.68. The van der Waals surface area contributed by atoms with Gasteiger partial charge in [0.2, 0.25) is 0 Å². The van der Waals surface area contributed by atoms with Crippen molar-refractivity contribution >= 4 is 12.0 Å². The van der Waals surface area contributed by atoms with Crippen molar-refractivity contribution in [2.45, 2.75) is 26.4 Å². The van der Waals surface area contributed by atoms with Crippen LogP contribution >= 0.6 is 0 Å². The van der Waals surface area contributed by atoms with Crippen LogP contribution in [0.25, 0.3) is 6.08 Å². The molecule has 0 aromatic heterocycles. The van der Waals surface area contributed by atoms with E-state index in [9.17, 15) is 9.18 Å². The van der Waals surface area contributed by atoms with Crippen LogP contribution < -0.4 is 0 Å². The molecule has 1 aromatic carbocycles. The summed E-state index contributed by atoms with van der Waals surface area (Å²) in [6.45, 7) is 5.25. The van der Waals surface area contributed by atoms with Crippen LogP contribution in [0.5, 0.6) is 0 Å². The smallest absolute Gasteiger partial charge is 0.331 e. The van der Waals surface area contributed by atoms with E-state index in [1.54, 1.807) is 20.8 Å². The summed E-state index contributed by atoms with van der Waals surface area (Å²) in [7, 11) is 0. The normalized spacial score (nSPS) is 11.3. The SMILES string of the molecule is CC(C)(C)OC(=O)/C=C/c1cc(F)ccc1C#N. The molecule has 94 valence electrons. The van der Waals surface area contributed by atoms with E-state index in [0.717, 1.165) is 0 Å². The van der Waals surface area contributed by atoms with E-state index in [1.807, 2.05) is 6.07 Å². The second kappa shape index (κ2) is 5.46. The van der Waals surface area contributed by atoms with Crippen LogP contribution in [0.4, 0.5) is 4.39 Å². The van der Waals surface area contributed by atoms with Gasteiger partial charge in [-0.25, -0.2) is 9.18 Å². The number of halogens is 1. The zero-order chi connectivity index (χ0) is 13.8. The third kappa shape index (κ3) is 4.38. The van der Waals surface area contributed by atoms with Crippen molar-refractivity contribution in [2.24, 2.45) is 0 Å². The second-order valence-corrected chi connectivity index (χ2v) is 4.71. The first-order valence-corrected chi connectivity index (χ1v) is 5.42. The van der Waals surface area contributed by atoms with Crippen LogP contribution in [-0.4, -0.2) is 11.6 Å². The first kappa shape index (κ1) is 13.9. The number of hydrogen-bond donors (Lipinski definition) is 0. The topological polar surface area (TPSA) is 50.1 Å². The van der Waals surface area contributed by atoms with Gasteiger partial charge in [0.05, 0.1) is 11.6 Å². The van der Waals surface area contributed by atoms with Crippen LogP contribution in [0.1, 0.15) is 31.9 Å². The summed E-state index contributed by atoms with van der Waals surface area (Å²) in [6.07, 6.45) is 2.55. The minimum absolute atomic E-state index is 0.302. The fourth-order valence-electron chi connectivity index (χ4n) is 1.27. The van der Waals surface area contributed by atoms with Gasteiger partial charge in [0.15, 0.2) is 0 Å². The molecular weight excluding hydrogens is 233 g/mol. The summed E-state index contributed by atoms with van der Waals surface area (Å²) in [5, 5.41) is 8.84. The zero-order valence-electron chi connectivity index (χ0n) is 10.5. The molecule has 0 saturated carbocycles. The van der Waals surface area contributed by atoms with Crippen molar-refractivity contribution in [1.29, 1.82) is 5.26 Å². The molecular formula is C14H14FNO2. The number of carbonyl (C=O) groups is 1. The Morgan fingerprint density at radius 1 is 1.44 bits per heavy atom. The van der Waals surface area contributed by atoms with Gasteiger partial charge in [-0.2, -0.15) is 5.26 Å². The standard InChI is InChI=1S/C14H14FNO2/c1-14(2,3)18-13(17)7-5-10-8-12(15)6-4-11(10)9-16/h4-8H,1-3H3/b7-5+. The van der Waals surface area contributed by atoms with Crippen LogP contribution in [0.3, 0.4) is 0 Å². The summed E-state index contributed by atoms with van der Waals surface area (Å²) >= 11 is 0. The molecule has 0 amide bonds. The van der Waals surface area contributed by atoms with E-state index < -0.39 is 17.4 Å². The summed E-state index contributed by atoms with van der Waals surface area (Å²) in [5.41, 5.74) is 0.0705. The van der Waals surface area contributed by atoms with Crippen molar-refractivity contribution < 1.29 is 13.9 Å². The van der Waals surface area contributed by atoms with Gasteiger partial charge in [-0.05, 0) is 50.6 Å². The van der Waals surface area contributed by atoms with Gasteiger partial charge >= 0.3 is 5.97 Å². The minimum Gasteiger partial charge on any atom is -0.457 e. The van der Waals surface area contributed by atoms with Crippen molar-refractivity contribution in [1.82, 2.24) is 0 Å². The molecule has 0 aliphatic rings. The molecule has 1 rings (SSSR count). The molecule has 0 atom stereocenters. The van der Waals surface area contributed by atoms with Gasteiger partial charge < -0.3 is 4.74 Å². The quantitative estimate of drug-likeness (QED) is 0.596. The Morgan fingerprint density at radius 3 is 2.67 bits per heavy atom. The van der Waals surface area contributed by atoms with E-state index in [-0.39, 0.29) is 0 Å². The maximum Gasteiger partial charge on any atom is 0.331 e. The highest BCUT2D eigenvalue weighted by Crippen LogP contribution is 2.13. The number of benzene rings is 1. The van der Waals surface area contributed by atoms with Crippen molar-refractivity contribution in [3.63, 3.8) is 0 Å². The molecule has 0 unspecified atom stereocenters. The Labute approximate surface area is 105 Å². The van der Waals surface area contributed by atoms with Crippen molar-refractivity contribution in [3.05, 3.63) is 41.2 Å². The molecule has 0 spiro atoms. The van der Waals surface area contributed by atoms with Crippen LogP contribution in [0.15, 0.2) is 24.3 Å². The van der Waals surface area contributed by atoms with E-state index in [1.165, 1.54) is 30.4 Å². The number of hydrogen-bond acceptors (Lipinski definition) is 3. The molecule has 0 N–H and O–H groups in total.